The van der Waals surface area contributed by atoms with Gasteiger partial charge in [0.25, 0.3) is 5.78 Å². The first-order chi connectivity index (χ1) is 7.36. The van der Waals surface area contributed by atoms with Gasteiger partial charge in [-0.3, -0.25) is 4.79 Å². The van der Waals surface area contributed by atoms with Gasteiger partial charge >= 0.3 is 6.18 Å². The highest BCUT2D eigenvalue weighted by molar-refractivity contribution is 9.10. The lowest BCUT2D eigenvalue weighted by atomic mass is 9.96. The predicted molar refractivity (Wildman–Crippen MR) is 53.6 cm³/mol. The van der Waals surface area contributed by atoms with E-state index in [9.17, 15) is 18.0 Å². The van der Waals surface area contributed by atoms with Crippen LogP contribution in [-0.2, 0) is 4.79 Å². The second-order valence-electron chi connectivity index (χ2n) is 2.98. The lowest BCUT2D eigenvalue weighted by Gasteiger charge is -2.10. The number of carbonyl (C=O) groups excluding carboxylic acids is 1. The van der Waals surface area contributed by atoms with Gasteiger partial charge in [0.05, 0.1) is 6.07 Å². The first kappa shape index (κ1) is 12.7. The largest absolute Gasteiger partial charge is 0.451 e. The molecule has 0 radical (unpaired) electrons. The molecular weight excluding hydrogens is 287 g/mol. The van der Waals surface area contributed by atoms with E-state index >= 15 is 0 Å². The normalized spacial score (nSPS) is 12.9. The number of carbonyl (C=O) groups is 1. The van der Waals surface area contributed by atoms with Crippen LogP contribution in [0.4, 0.5) is 13.2 Å². The molecule has 0 aliphatic rings. The SMILES string of the molecule is N#C[C@@H](C(=O)C(F)(F)F)c1ccc(Br)cc1. The van der Waals surface area contributed by atoms with Gasteiger partial charge in [-0.2, -0.15) is 18.4 Å². The molecule has 2 nitrogen and oxygen atoms in total. The van der Waals surface area contributed by atoms with Gasteiger partial charge in [0, 0.05) is 4.47 Å². The summed E-state index contributed by atoms with van der Waals surface area (Å²) in [5.41, 5.74) is 0.0352. The van der Waals surface area contributed by atoms with Gasteiger partial charge in [-0.05, 0) is 17.7 Å². The van der Waals surface area contributed by atoms with Crippen LogP contribution < -0.4 is 0 Å². The van der Waals surface area contributed by atoms with E-state index in [1.807, 2.05) is 0 Å². The van der Waals surface area contributed by atoms with Crippen molar-refractivity contribution in [1.82, 2.24) is 0 Å². The lowest BCUT2D eigenvalue weighted by molar-refractivity contribution is -0.171. The van der Waals surface area contributed by atoms with Crippen molar-refractivity contribution in [2.24, 2.45) is 0 Å². The number of halogens is 4. The van der Waals surface area contributed by atoms with Gasteiger partial charge in [0.15, 0.2) is 0 Å². The second-order valence-corrected chi connectivity index (χ2v) is 3.89. The molecule has 0 fully saturated rings. The van der Waals surface area contributed by atoms with Crippen LogP contribution in [0.2, 0.25) is 0 Å². The monoisotopic (exact) mass is 291 g/mol. The maximum absolute atomic E-state index is 12.1. The molecule has 1 atom stereocenters. The van der Waals surface area contributed by atoms with Crippen LogP contribution in [0, 0.1) is 11.3 Å². The molecule has 0 heterocycles. The van der Waals surface area contributed by atoms with Gasteiger partial charge in [-0.25, -0.2) is 0 Å². The Morgan fingerprint density at radius 2 is 1.81 bits per heavy atom. The lowest BCUT2D eigenvalue weighted by Crippen LogP contribution is -2.28. The maximum Gasteiger partial charge on any atom is 0.451 e. The van der Waals surface area contributed by atoms with Crippen molar-refractivity contribution in [2.75, 3.05) is 0 Å². The number of benzene rings is 1. The van der Waals surface area contributed by atoms with Crippen molar-refractivity contribution in [2.45, 2.75) is 12.1 Å². The zero-order chi connectivity index (χ0) is 12.3. The first-order valence-corrected chi connectivity index (χ1v) is 4.91. The van der Waals surface area contributed by atoms with Gasteiger partial charge in [-0.15, -0.1) is 0 Å². The molecule has 0 N–H and O–H groups in total. The van der Waals surface area contributed by atoms with Crippen molar-refractivity contribution in [3.05, 3.63) is 34.3 Å². The zero-order valence-corrected chi connectivity index (χ0v) is 9.34. The van der Waals surface area contributed by atoms with E-state index in [0.717, 1.165) is 0 Å². The van der Waals surface area contributed by atoms with E-state index in [0.29, 0.717) is 4.47 Å². The van der Waals surface area contributed by atoms with E-state index in [-0.39, 0.29) is 5.56 Å². The maximum atomic E-state index is 12.1. The van der Waals surface area contributed by atoms with Gasteiger partial charge in [0.2, 0.25) is 0 Å². The summed E-state index contributed by atoms with van der Waals surface area (Å²) in [4.78, 5) is 10.9. The second kappa shape index (κ2) is 4.66. The Morgan fingerprint density at radius 3 is 2.19 bits per heavy atom. The number of alkyl halides is 3. The summed E-state index contributed by atoms with van der Waals surface area (Å²) in [6.45, 7) is 0. The van der Waals surface area contributed by atoms with Crippen LogP contribution in [0.25, 0.3) is 0 Å². The average molecular weight is 292 g/mol. The quantitative estimate of drug-likeness (QED) is 0.840. The Balaban J connectivity index is 3.06. The summed E-state index contributed by atoms with van der Waals surface area (Å²) in [7, 11) is 0. The number of rotatable bonds is 2. The van der Waals surface area contributed by atoms with Crippen molar-refractivity contribution in [3.8, 4) is 6.07 Å². The highest BCUT2D eigenvalue weighted by Crippen LogP contribution is 2.27. The smallest absolute Gasteiger partial charge is 0.288 e. The molecule has 0 unspecified atom stereocenters. The van der Waals surface area contributed by atoms with Crippen LogP contribution in [0.15, 0.2) is 28.7 Å². The summed E-state index contributed by atoms with van der Waals surface area (Å²) in [5.74, 6) is -3.84. The molecule has 0 saturated carbocycles. The fourth-order valence-electron chi connectivity index (χ4n) is 1.10. The van der Waals surface area contributed by atoms with E-state index in [1.54, 1.807) is 0 Å². The Bertz CT molecular complexity index is 433. The summed E-state index contributed by atoms with van der Waals surface area (Å²) in [5, 5.41) is 8.60. The molecule has 1 aromatic rings. The van der Waals surface area contributed by atoms with Crippen LogP contribution in [0.3, 0.4) is 0 Å². The molecule has 1 aromatic carbocycles. The molecule has 6 heteroatoms. The van der Waals surface area contributed by atoms with Crippen molar-refractivity contribution < 1.29 is 18.0 Å². The summed E-state index contributed by atoms with van der Waals surface area (Å²) in [6.07, 6.45) is -4.99. The third-order valence-electron chi connectivity index (χ3n) is 1.87. The third-order valence-corrected chi connectivity index (χ3v) is 2.40. The minimum atomic E-state index is -4.99. The van der Waals surface area contributed by atoms with Crippen LogP contribution >= 0.6 is 15.9 Å². The minimum absolute atomic E-state index is 0.0352. The van der Waals surface area contributed by atoms with E-state index < -0.39 is 17.9 Å². The average Bonchev–Trinajstić information content (AvgIpc) is 2.20. The Labute approximate surface area is 97.8 Å². The molecule has 0 spiro atoms. The summed E-state index contributed by atoms with van der Waals surface area (Å²) >= 11 is 3.10. The van der Waals surface area contributed by atoms with Gasteiger partial charge < -0.3 is 0 Å². The highest BCUT2D eigenvalue weighted by Gasteiger charge is 2.44. The Hall–Kier alpha value is -1.35. The Kier molecular flexibility index (Phi) is 3.70. The van der Waals surface area contributed by atoms with E-state index in [2.05, 4.69) is 15.9 Å². The molecule has 16 heavy (non-hydrogen) atoms. The summed E-state index contributed by atoms with van der Waals surface area (Å²) in [6, 6.07) is 6.92. The van der Waals surface area contributed by atoms with Crippen LogP contribution in [-0.4, -0.2) is 12.0 Å². The molecule has 0 aromatic heterocycles. The van der Waals surface area contributed by atoms with Crippen molar-refractivity contribution in [1.29, 1.82) is 5.26 Å². The van der Waals surface area contributed by atoms with Crippen LogP contribution in [0.5, 0.6) is 0 Å². The fourth-order valence-corrected chi connectivity index (χ4v) is 1.37. The van der Waals surface area contributed by atoms with E-state index in [1.165, 1.54) is 30.3 Å². The molecular formula is C10H5BrF3NO. The number of hydrogen-bond donors (Lipinski definition) is 0. The number of nitrogens with zero attached hydrogens (tertiary/aromatic N) is 1. The number of ketones is 1. The molecule has 1 rings (SSSR count). The molecule has 0 saturated heterocycles. The topological polar surface area (TPSA) is 40.9 Å². The predicted octanol–water partition coefficient (Wildman–Crippen LogP) is 3.19. The fraction of sp³-hybridized carbons (Fsp3) is 0.200. The van der Waals surface area contributed by atoms with Crippen LogP contribution in [0.1, 0.15) is 11.5 Å². The molecule has 0 bridgehead atoms. The standard InChI is InChI=1S/C10H5BrF3NO/c11-7-3-1-6(2-4-7)8(5-15)9(16)10(12,13)14/h1-4,8H/t8-/m1/s1. The Morgan fingerprint density at radius 1 is 1.31 bits per heavy atom. The van der Waals surface area contributed by atoms with Crippen molar-refractivity contribution >= 4 is 21.7 Å². The number of hydrogen-bond acceptors (Lipinski definition) is 2. The van der Waals surface area contributed by atoms with Gasteiger partial charge in [0.1, 0.15) is 5.92 Å². The molecule has 84 valence electrons. The zero-order valence-electron chi connectivity index (χ0n) is 7.75. The third kappa shape index (κ3) is 2.83. The molecule has 0 aliphatic carbocycles. The first-order valence-electron chi connectivity index (χ1n) is 4.12. The number of Topliss-reactive ketones (excluding diaryl/α,β-unsaturated/α-hetero) is 1. The highest BCUT2D eigenvalue weighted by atomic mass is 79.9. The summed E-state index contributed by atoms with van der Waals surface area (Å²) < 4.78 is 37.1. The molecule has 0 amide bonds. The number of nitriles is 1. The van der Waals surface area contributed by atoms with E-state index in [4.69, 9.17) is 5.26 Å². The minimum Gasteiger partial charge on any atom is -0.288 e. The van der Waals surface area contributed by atoms with Crippen molar-refractivity contribution in [3.63, 3.8) is 0 Å². The van der Waals surface area contributed by atoms with Gasteiger partial charge in [-0.1, -0.05) is 28.1 Å². The molecule has 0 aliphatic heterocycles.